The van der Waals surface area contributed by atoms with Gasteiger partial charge in [0.1, 0.15) is 0 Å². The highest BCUT2D eigenvalue weighted by Gasteiger charge is 2.34. The van der Waals surface area contributed by atoms with Crippen LogP contribution in [0.4, 0.5) is 0 Å². The van der Waals surface area contributed by atoms with Crippen LogP contribution in [0.25, 0.3) is 0 Å². The molecule has 3 nitrogen and oxygen atoms in total. The summed E-state index contributed by atoms with van der Waals surface area (Å²) in [6.45, 7) is 4.04. The highest BCUT2D eigenvalue weighted by molar-refractivity contribution is 6.66. The molecule has 104 valence electrons. The second-order valence-corrected chi connectivity index (χ2v) is 8.31. The fourth-order valence-corrected chi connectivity index (χ4v) is 3.18. The van der Waals surface area contributed by atoms with Crippen LogP contribution in [0.3, 0.4) is 0 Å². The summed E-state index contributed by atoms with van der Waals surface area (Å²) in [5.41, 5.74) is 5.44. The molecule has 1 atom stereocenters. The van der Waals surface area contributed by atoms with Gasteiger partial charge < -0.3 is 15.3 Å². The number of hydrogen-bond donors (Lipinski definition) is 3. The molecule has 0 radical (unpaired) electrons. The van der Waals surface area contributed by atoms with Crippen LogP contribution in [0.5, 0.6) is 0 Å². The Hall–Kier alpha value is 0.0969. The standard InChI is InChI=1S/C13H31NO2Si/c1-3-5-6-7-8-9-10-11-12-13(14)17(15,16)4-2/h13,15-16H,3-12,14H2,1-2H3. The first-order valence-corrected chi connectivity index (χ1v) is 9.42. The summed E-state index contributed by atoms with van der Waals surface area (Å²) < 4.78 is 0. The Morgan fingerprint density at radius 1 is 0.882 bits per heavy atom. The molecule has 0 aromatic heterocycles. The topological polar surface area (TPSA) is 66.5 Å². The lowest BCUT2D eigenvalue weighted by molar-refractivity contribution is 0.334. The zero-order chi connectivity index (χ0) is 13.1. The van der Waals surface area contributed by atoms with Crippen molar-refractivity contribution in [1.29, 1.82) is 0 Å². The summed E-state index contributed by atoms with van der Waals surface area (Å²) in [6.07, 6.45) is 10.9. The Morgan fingerprint density at radius 3 is 1.82 bits per heavy atom. The molecule has 0 bridgehead atoms. The lowest BCUT2D eigenvalue weighted by Gasteiger charge is -2.23. The van der Waals surface area contributed by atoms with Gasteiger partial charge in [0.25, 0.3) is 0 Å². The highest BCUT2D eigenvalue weighted by atomic mass is 28.4. The van der Waals surface area contributed by atoms with Crippen molar-refractivity contribution in [2.45, 2.75) is 83.3 Å². The number of hydrogen-bond acceptors (Lipinski definition) is 3. The average molecular weight is 261 g/mol. The van der Waals surface area contributed by atoms with Gasteiger partial charge in [0.15, 0.2) is 0 Å². The van der Waals surface area contributed by atoms with E-state index < -0.39 is 8.56 Å². The fourth-order valence-electron chi connectivity index (χ4n) is 1.99. The van der Waals surface area contributed by atoms with Crippen molar-refractivity contribution in [3.05, 3.63) is 0 Å². The Bertz CT molecular complexity index is 177. The highest BCUT2D eigenvalue weighted by Crippen LogP contribution is 2.14. The van der Waals surface area contributed by atoms with Crippen LogP contribution in [-0.2, 0) is 0 Å². The van der Waals surface area contributed by atoms with Gasteiger partial charge in [-0.3, -0.25) is 0 Å². The van der Waals surface area contributed by atoms with Gasteiger partial charge in [-0.2, -0.15) is 0 Å². The van der Waals surface area contributed by atoms with Gasteiger partial charge in [0.05, 0.1) is 0 Å². The molecule has 0 spiro atoms. The summed E-state index contributed by atoms with van der Waals surface area (Å²) >= 11 is 0. The van der Waals surface area contributed by atoms with E-state index in [4.69, 9.17) is 5.73 Å². The third kappa shape index (κ3) is 8.77. The minimum absolute atomic E-state index is 0.368. The van der Waals surface area contributed by atoms with Gasteiger partial charge >= 0.3 is 8.56 Å². The normalized spacial score (nSPS) is 13.9. The molecule has 0 heterocycles. The van der Waals surface area contributed by atoms with Crippen molar-refractivity contribution < 1.29 is 9.59 Å². The Labute approximate surface area is 108 Å². The second kappa shape index (κ2) is 10.1. The van der Waals surface area contributed by atoms with E-state index in [-0.39, 0.29) is 5.67 Å². The maximum atomic E-state index is 9.66. The number of nitrogens with two attached hydrogens (primary N) is 1. The molecule has 4 N–H and O–H groups in total. The zero-order valence-electron chi connectivity index (χ0n) is 11.6. The van der Waals surface area contributed by atoms with E-state index in [0.717, 1.165) is 12.8 Å². The first kappa shape index (κ1) is 17.1. The Balaban J connectivity index is 3.34. The van der Waals surface area contributed by atoms with Crippen molar-refractivity contribution in [2.24, 2.45) is 5.73 Å². The minimum atomic E-state index is -3.09. The summed E-state index contributed by atoms with van der Waals surface area (Å²) in [5, 5.41) is 0. The van der Waals surface area contributed by atoms with E-state index in [1.54, 1.807) is 6.92 Å². The van der Waals surface area contributed by atoms with Crippen molar-refractivity contribution in [2.75, 3.05) is 0 Å². The van der Waals surface area contributed by atoms with Crippen molar-refractivity contribution in [1.82, 2.24) is 0 Å². The molecule has 0 aliphatic carbocycles. The van der Waals surface area contributed by atoms with Crippen LogP contribution < -0.4 is 5.73 Å². The van der Waals surface area contributed by atoms with E-state index in [1.165, 1.54) is 44.9 Å². The molecule has 0 fully saturated rings. The van der Waals surface area contributed by atoms with E-state index in [9.17, 15) is 9.59 Å². The van der Waals surface area contributed by atoms with Gasteiger partial charge in [0.2, 0.25) is 0 Å². The fraction of sp³-hybridized carbons (Fsp3) is 1.00. The SMILES string of the molecule is CCCCCCCCCCC(N)[Si](O)(O)CC. The molecular weight excluding hydrogens is 230 g/mol. The third-order valence-electron chi connectivity index (χ3n) is 3.48. The van der Waals surface area contributed by atoms with Crippen LogP contribution in [0.2, 0.25) is 6.04 Å². The van der Waals surface area contributed by atoms with Crippen molar-refractivity contribution in [3.63, 3.8) is 0 Å². The maximum absolute atomic E-state index is 9.66. The summed E-state index contributed by atoms with van der Waals surface area (Å²) in [5.74, 6) is 0. The first-order chi connectivity index (χ1) is 8.04. The molecule has 0 aromatic rings. The first-order valence-electron chi connectivity index (χ1n) is 7.25. The largest absolute Gasteiger partial charge is 0.410 e. The van der Waals surface area contributed by atoms with E-state index in [2.05, 4.69) is 6.92 Å². The molecule has 1 unspecified atom stereocenters. The molecule has 17 heavy (non-hydrogen) atoms. The van der Waals surface area contributed by atoms with Crippen molar-refractivity contribution in [3.8, 4) is 0 Å². The second-order valence-electron chi connectivity index (χ2n) is 5.10. The van der Waals surface area contributed by atoms with Crippen LogP contribution in [0, 0.1) is 0 Å². The predicted octanol–water partition coefficient (Wildman–Crippen LogP) is 2.83. The smallest absolute Gasteiger partial charge is 0.349 e. The molecule has 0 amide bonds. The summed E-state index contributed by atoms with van der Waals surface area (Å²) in [7, 11) is -3.09. The minimum Gasteiger partial charge on any atom is -0.410 e. The van der Waals surface area contributed by atoms with Gasteiger partial charge in [-0.25, -0.2) is 0 Å². The Kier molecular flexibility index (Phi) is 10.1. The quantitative estimate of drug-likeness (QED) is 0.396. The van der Waals surface area contributed by atoms with Crippen LogP contribution in [-0.4, -0.2) is 23.8 Å². The molecule has 0 saturated heterocycles. The van der Waals surface area contributed by atoms with Gasteiger partial charge in [-0.1, -0.05) is 65.2 Å². The zero-order valence-corrected chi connectivity index (χ0v) is 12.6. The molecule has 0 aromatic carbocycles. The van der Waals surface area contributed by atoms with Crippen LogP contribution in [0.1, 0.15) is 71.6 Å². The van der Waals surface area contributed by atoms with Gasteiger partial charge in [-0.15, -0.1) is 0 Å². The molecule has 0 saturated carbocycles. The van der Waals surface area contributed by atoms with Crippen LogP contribution in [0.15, 0.2) is 0 Å². The molecule has 4 heteroatoms. The molecule has 0 aliphatic heterocycles. The van der Waals surface area contributed by atoms with Crippen molar-refractivity contribution >= 4 is 8.56 Å². The summed E-state index contributed by atoms with van der Waals surface area (Å²) in [6, 6.07) is 0.436. The van der Waals surface area contributed by atoms with Crippen LogP contribution >= 0.6 is 0 Å². The molecule has 0 aliphatic rings. The third-order valence-corrected chi connectivity index (χ3v) is 6.00. The number of rotatable bonds is 11. The Morgan fingerprint density at radius 2 is 1.35 bits per heavy atom. The summed E-state index contributed by atoms with van der Waals surface area (Å²) in [4.78, 5) is 19.3. The van der Waals surface area contributed by atoms with E-state index in [1.807, 2.05) is 0 Å². The predicted molar refractivity (Wildman–Crippen MR) is 75.9 cm³/mol. The lowest BCUT2D eigenvalue weighted by Crippen LogP contribution is -2.52. The van der Waals surface area contributed by atoms with Gasteiger partial charge in [0, 0.05) is 5.67 Å². The lowest BCUT2D eigenvalue weighted by atomic mass is 10.1. The monoisotopic (exact) mass is 261 g/mol. The average Bonchev–Trinajstić information content (AvgIpc) is 2.32. The molecule has 0 rings (SSSR count). The maximum Gasteiger partial charge on any atom is 0.349 e. The van der Waals surface area contributed by atoms with E-state index in [0.29, 0.717) is 6.04 Å². The van der Waals surface area contributed by atoms with Gasteiger partial charge in [-0.05, 0) is 12.5 Å². The molecular formula is C13H31NO2Si. The van der Waals surface area contributed by atoms with E-state index >= 15 is 0 Å². The number of unbranched alkanes of at least 4 members (excludes halogenated alkanes) is 7.